The monoisotopic (exact) mass is 610 g/mol. The minimum atomic E-state index is -1.75. The molecule has 6 rings (SSSR count). The summed E-state index contributed by atoms with van der Waals surface area (Å²) >= 11 is 12.3. The van der Waals surface area contributed by atoms with E-state index in [0.717, 1.165) is 5.82 Å². The molecule has 4 aromatic rings. The summed E-state index contributed by atoms with van der Waals surface area (Å²) in [5.74, 6) is -0.460. The minimum Gasteiger partial charge on any atom is -0.388 e. The van der Waals surface area contributed by atoms with Crippen LogP contribution in [0.2, 0.25) is 10.0 Å². The third kappa shape index (κ3) is 5.20. The van der Waals surface area contributed by atoms with Gasteiger partial charge in [0.05, 0.1) is 52.4 Å². The van der Waals surface area contributed by atoms with E-state index in [2.05, 4.69) is 9.97 Å². The lowest BCUT2D eigenvalue weighted by atomic mass is 9.90. The second-order valence-electron chi connectivity index (χ2n) is 11.1. The molecule has 8 nitrogen and oxygen atoms in total. The Hall–Kier alpha value is -3.34. The number of carbonyl (C=O) groups excluding carboxylic acids is 1. The van der Waals surface area contributed by atoms with Gasteiger partial charge in [0.2, 0.25) is 0 Å². The molecule has 1 unspecified atom stereocenters. The van der Waals surface area contributed by atoms with Crippen LogP contribution in [0, 0.1) is 12.7 Å². The van der Waals surface area contributed by atoms with Crippen LogP contribution in [0.5, 0.6) is 0 Å². The molecule has 0 spiro atoms. The molecule has 11 heteroatoms. The van der Waals surface area contributed by atoms with Gasteiger partial charge in [-0.25, -0.2) is 9.37 Å². The van der Waals surface area contributed by atoms with Gasteiger partial charge >= 0.3 is 0 Å². The third-order valence-electron chi connectivity index (χ3n) is 7.97. The Morgan fingerprint density at radius 1 is 1.10 bits per heavy atom. The molecule has 1 aliphatic heterocycles. The number of rotatable bonds is 9. The zero-order valence-corrected chi connectivity index (χ0v) is 24.5. The van der Waals surface area contributed by atoms with Crippen LogP contribution in [-0.4, -0.2) is 47.8 Å². The molecule has 2 aromatic carbocycles. The van der Waals surface area contributed by atoms with E-state index >= 15 is 4.39 Å². The van der Waals surface area contributed by atoms with Crippen LogP contribution in [-0.2, 0) is 30.5 Å². The Labute approximate surface area is 252 Å². The van der Waals surface area contributed by atoms with Gasteiger partial charge in [0.15, 0.2) is 5.72 Å². The van der Waals surface area contributed by atoms with Gasteiger partial charge in [-0.1, -0.05) is 35.3 Å². The first-order valence-corrected chi connectivity index (χ1v) is 14.3. The van der Waals surface area contributed by atoms with Crippen LogP contribution in [0.25, 0.3) is 0 Å². The first-order valence-electron chi connectivity index (χ1n) is 13.5. The number of aliphatic hydroxyl groups excluding tert-OH is 1. The van der Waals surface area contributed by atoms with Gasteiger partial charge in [0.1, 0.15) is 11.6 Å². The molecule has 42 heavy (non-hydrogen) atoms. The molecule has 1 saturated carbocycles. The number of carbonyl (C=O) groups is 1. The van der Waals surface area contributed by atoms with Gasteiger partial charge in [0, 0.05) is 36.4 Å². The molecule has 0 radical (unpaired) electrons. The molecule has 0 bridgehead atoms. The first-order chi connectivity index (χ1) is 20.0. The molecule has 218 valence electrons. The minimum absolute atomic E-state index is 0.00216. The molecule has 2 aromatic heterocycles. The Balaban J connectivity index is 1.49. The summed E-state index contributed by atoms with van der Waals surface area (Å²) in [6.45, 7) is 1.67. The topological polar surface area (TPSA) is 101 Å². The fraction of sp³-hybridized carbons (Fsp3) is 0.323. The van der Waals surface area contributed by atoms with Gasteiger partial charge in [-0.05, 0) is 61.7 Å². The Kier molecular flexibility index (Phi) is 7.35. The Morgan fingerprint density at radius 2 is 1.81 bits per heavy atom. The highest BCUT2D eigenvalue weighted by Gasteiger charge is 2.56. The molecule has 1 amide bonds. The SMILES string of the molecule is Cc1nc(CC(O)c2cc(F)c3c(c2)C(=O)N(Cc2ccc(Cl)cn2)[C@@]3(OCC2(O)CC2)c2ccc(Cl)cc2)cn1C. The largest absolute Gasteiger partial charge is 0.388 e. The van der Waals surface area contributed by atoms with Crippen LogP contribution in [0.3, 0.4) is 0 Å². The number of aromatic nitrogens is 3. The van der Waals surface area contributed by atoms with E-state index in [0.29, 0.717) is 39.8 Å². The summed E-state index contributed by atoms with van der Waals surface area (Å²) in [5, 5.41) is 22.7. The maximum Gasteiger partial charge on any atom is 0.257 e. The molecule has 2 aliphatic rings. The van der Waals surface area contributed by atoms with E-state index in [1.165, 1.54) is 23.2 Å². The summed E-state index contributed by atoms with van der Waals surface area (Å²) < 4.78 is 24.8. The number of fused-ring (bicyclic) bond motifs is 1. The summed E-state index contributed by atoms with van der Waals surface area (Å²) in [4.78, 5) is 24.4. The highest BCUT2D eigenvalue weighted by atomic mass is 35.5. The van der Waals surface area contributed by atoms with Crippen molar-refractivity contribution in [2.45, 2.75) is 50.2 Å². The number of aliphatic hydroxyl groups is 2. The normalized spacial score (nSPS) is 19.7. The average molecular weight is 612 g/mol. The summed E-state index contributed by atoms with van der Waals surface area (Å²) in [6, 6.07) is 12.7. The lowest BCUT2D eigenvalue weighted by molar-refractivity contribution is -0.139. The number of ether oxygens (including phenoxy) is 1. The fourth-order valence-corrected chi connectivity index (χ4v) is 5.62. The van der Waals surface area contributed by atoms with Crippen molar-refractivity contribution in [1.82, 2.24) is 19.4 Å². The number of hydrogen-bond acceptors (Lipinski definition) is 6. The number of imidazole rings is 1. The Morgan fingerprint density at radius 3 is 2.43 bits per heavy atom. The van der Waals surface area contributed by atoms with Crippen LogP contribution in [0.1, 0.15) is 63.2 Å². The second-order valence-corrected chi connectivity index (χ2v) is 11.9. The van der Waals surface area contributed by atoms with E-state index in [9.17, 15) is 15.0 Å². The van der Waals surface area contributed by atoms with Gasteiger partial charge in [0.25, 0.3) is 5.91 Å². The van der Waals surface area contributed by atoms with Crippen molar-refractivity contribution in [2.24, 2.45) is 7.05 Å². The standard InChI is InChI=1S/C31H29Cl2FN4O4/c1-18-36-24(15-37(18)2)13-27(39)19-11-25-28(26(34)12-19)31(42-17-30(41)9-10-30,20-3-5-21(32)6-4-20)38(29(25)40)16-23-8-7-22(33)14-35-23/h3-8,11-12,14-15,27,39,41H,9-10,13,16-17H2,1-2H3/t27?,31-/m1/s1. The van der Waals surface area contributed by atoms with E-state index in [1.54, 1.807) is 42.6 Å². The van der Waals surface area contributed by atoms with Crippen LogP contribution < -0.4 is 0 Å². The maximum atomic E-state index is 16.4. The molecule has 2 atom stereocenters. The van der Waals surface area contributed by atoms with Crippen molar-refractivity contribution in [3.63, 3.8) is 0 Å². The van der Waals surface area contributed by atoms with Crippen molar-refractivity contribution in [3.8, 4) is 0 Å². The maximum absolute atomic E-state index is 16.4. The van der Waals surface area contributed by atoms with Gasteiger partial charge in [-0.15, -0.1) is 0 Å². The summed E-state index contributed by atoms with van der Waals surface area (Å²) in [7, 11) is 1.85. The van der Waals surface area contributed by atoms with E-state index < -0.39 is 29.2 Å². The summed E-state index contributed by atoms with van der Waals surface area (Å²) in [6.07, 6.45) is 3.36. The number of benzene rings is 2. The lowest BCUT2D eigenvalue weighted by Crippen LogP contribution is -2.48. The predicted octanol–water partition coefficient (Wildman–Crippen LogP) is 5.24. The zero-order valence-electron chi connectivity index (χ0n) is 23.0. The third-order valence-corrected chi connectivity index (χ3v) is 8.45. The molecular weight excluding hydrogens is 582 g/mol. The van der Waals surface area contributed by atoms with Crippen molar-refractivity contribution in [2.75, 3.05) is 6.61 Å². The number of amides is 1. The van der Waals surface area contributed by atoms with Gasteiger partial charge < -0.3 is 19.5 Å². The number of hydrogen-bond donors (Lipinski definition) is 2. The molecule has 0 saturated heterocycles. The molecule has 1 fully saturated rings. The summed E-state index contributed by atoms with van der Waals surface area (Å²) in [5.41, 5.74) is -0.940. The highest BCUT2D eigenvalue weighted by Crippen LogP contribution is 2.50. The van der Waals surface area contributed by atoms with E-state index in [1.807, 2.05) is 18.5 Å². The van der Waals surface area contributed by atoms with Gasteiger partial charge in [-0.2, -0.15) is 0 Å². The van der Waals surface area contributed by atoms with E-state index in [-0.39, 0.29) is 36.3 Å². The van der Waals surface area contributed by atoms with Crippen molar-refractivity contribution < 1.29 is 24.1 Å². The number of halogens is 3. The highest BCUT2D eigenvalue weighted by molar-refractivity contribution is 6.30. The lowest BCUT2D eigenvalue weighted by Gasteiger charge is -2.40. The predicted molar refractivity (Wildman–Crippen MR) is 154 cm³/mol. The smallest absolute Gasteiger partial charge is 0.257 e. The average Bonchev–Trinajstić information content (AvgIpc) is 3.54. The van der Waals surface area contributed by atoms with Crippen molar-refractivity contribution in [3.05, 3.63) is 116 Å². The number of pyridine rings is 1. The van der Waals surface area contributed by atoms with Crippen LogP contribution in [0.4, 0.5) is 4.39 Å². The molecular formula is C31H29Cl2FN4O4. The van der Waals surface area contributed by atoms with E-state index in [4.69, 9.17) is 27.9 Å². The zero-order chi connectivity index (χ0) is 29.8. The Bertz CT molecular complexity index is 1640. The van der Waals surface area contributed by atoms with Crippen LogP contribution in [0.15, 0.2) is 60.9 Å². The second kappa shape index (κ2) is 10.7. The molecule has 1 aliphatic carbocycles. The fourth-order valence-electron chi connectivity index (χ4n) is 5.39. The number of aryl methyl sites for hydroxylation is 2. The van der Waals surface area contributed by atoms with Crippen molar-refractivity contribution >= 4 is 29.1 Å². The first kappa shape index (κ1) is 28.8. The van der Waals surface area contributed by atoms with Crippen LogP contribution >= 0.6 is 23.2 Å². The quantitative estimate of drug-likeness (QED) is 0.269. The number of nitrogens with zero attached hydrogens (tertiary/aromatic N) is 4. The van der Waals surface area contributed by atoms with Crippen molar-refractivity contribution in [1.29, 1.82) is 0 Å². The molecule has 2 N–H and O–H groups in total. The van der Waals surface area contributed by atoms with Gasteiger partial charge in [-0.3, -0.25) is 14.7 Å². The molecule has 3 heterocycles.